The molecule has 1 aromatic heterocycles. The molecule has 2 aromatic carbocycles. The van der Waals surface area contributed by atoms with Gasteiger partial charge < -0.3 is 19.6 Å². The summed E-state index contributed by atoms with van der Waals surface area (Å²) >= 11 is 0. The highest BCUT2D eigenvalue weighted by Gasteiger charge is 2.16. The number of para-hydroxylation sites is 1. The molecule has 0 radical (unpaired) electrons. The minimum absolute atomic E-state index is 0.0664. The van der Waals surface area contributed by atoms with Gasteiger partial charge >= 0.3 is 0 Å². The molecule has 3 rings (SSSR count). The van der Waals surface area contributed by atoms with Gasteiger partial charge in [0.15, 0.2) is 6.10 Å². The van der Waals surface area contributed by atoms with E-state index in [-0.39, 0.29) is 12.5 Å². The number of aliphatic hydroxyl groups excluding tert-OH is 1. The fourth-order valence-corrected chi connectivity index (χ4v) is 2.68. The fourth-order valence-electron chi connectivity index (χ4n) is 2.68. The number of benzene rings is 2. The van der Waals surface area contributed by atoms with Crippen LogP contribution in [0.5, 0.6) is 5.75 Å². The van der Waals surface area contributed by atoms with Gasteiger partial charge in [-0.2, -0.15) is 0 Å². The Hall–Kier alpha value is -2.79. The molecule has 2 N–H and O–H groups in total. The zero-order valence-electron chi connectivity index (χ0n) is 14.3. The summed E-state index contributed by atoms with van der Waals surface area (Å²) in [5.74, 6) is 1.06. The van der Waals surface area contributed by atoms with Crippen LogP contribution in [0.15, 0.2) is 52.9 Å². The standard InChI is InChI=1S/C20H21NO4/c1-13-17-8-3-4-9-18(17)25-19(13)11-21-20(23)14(2)24-16-7-5-6-15(10-16)12-22/h3-10,14,22H,11-12H2,1-2H3,(H,21,23). The molecule has 0 aliphatic carbocycles. The van der Waals surface area contributed by atoms with Crippen molar-refractivity contribution in [3.63, 3.8) is 0 Å². The maximum Gasteiger partial charge on any atom is 0.261 e. The van der Waals surface area contributed by atoms with Crippen molar-refractivity contribution in [2.24, 2.45) is 0 Å². The summed E-state index contributed by atoms with van der Waals surface area (Å²) in [5, 5.41) is 13.1. The lowest BCUT2D eigenvalue weighted by molar-refractivity contribution is -0.127. The summed E-state index contributed by atoms with van der Waals surface area (Å²) in [7, 11) is 0. The van der Waals surface area contributed by atoms with Crippen LogP contribution in [0.3, 0.4) is 0 Å². The Balaban J connectivity index is 1.62. The third-order valence-electron chi connectivity index (χ3n) is 4.13. The molecule has 0 fully saturated rings. The van der Waals surface area contributed by atoms with Gasteiger partial charge in [0, 0.05) is 10.9 Å². The summed E-state index contributed by atoms with van der Waals surface area (Å²) < 4.78 is 11.4. The molecule has 130 valence electrons. The summed E-state index contributed by atoms with van der Waals surface area (Å²) in [4.78, 5) is 12.3. The second kappa shape index (κ2) is 7.40. The van der Waals surface area contributed by atoms with Crippen molar-refractivity contribution < 1.29 is 19.1 Å². The Bertz CT molecular complexity index is 884. The minimum Gasteiger partial charge on any atom is -0.481 e. The number of rotatable bonds is 6. The summed E-state index contributed by atoms with van der Waals surface area (Å²) in [5.41, 5.74) is 2.58. The van der Waals surface area contributed by atoms with E-state index in [0.29, 0.717) is 12.3 Å². The van der Waals surface area contributed by atoms with Crippen LogP contribution in [0.2, 0.25) is 0 Å². The lowest BCUT2D eigenvalue weighted by Crippen LogP contribution is -2.35. The number of carbonyl (C=O) groups is 1. The maximum atomic E-state index is 12.3. The second-order valence-corrected chi connectivity index (χ2v) is 5.93. The topological polar surface area (TPSA) is 71.7 Å². The average molecular weight is 339 g/mol. The second-order valence-electron chi connectivity index (χ2n) is 5.93. The molecule has 1 unspecified atom stereocenters. The molecule has 0 aliphatic heterocycles. The highest BCUT2D eigenvalue weighted by atomic mass is 16.5. The number of aryl methyl sites for hydroxylation is 1. The predicted octanol–water partition coefficient (Wildman–Crippen LogP) is 3.32. The SMILES string of the molecule is Cc1c(CNC(=O)C(C)Oc2cccc(CO)c2)oc2ccccc12. The van der Waals surface area contributed by atoms with E-state index in [2.05, 4.69) is 5.32 Å². The Kier molecular flexibility index (Phi) is 5.05. The average Bonchev–Trinajstić information content (AvgIpc) is 2.96. The molecule has 1 amide bonds. The lowest BCUT2D eigenvalue weighted by atomic mass is 10.1. The smallest absolute Gasteiger partial charge is 0.261 e. The van der Waals surface area contributed by atoms with Gasteiger partial charge in [0.25, 0.3) is 5.91 Å². The maximum absolute atomic E-state index is 12.3. The first-order chi connectivity index (χ1) is 12.1. The van der Waals surface area contributed by atoms with Crippen LogP contribution >= 0.6 is 0 Å². The van der Waals surface area contributed by atoms with Crippen LogP contribution in [0.1, 0.15) is 23.8 Å². The van der Waals surface area contributed by atoms with Gasteiger partial charge in [-0.25, -0.2) is 0 Å². The quantitative estimate of drug-likeness (QED) is 0.723. The van der Waals surface area contributed by atoms with Crippen molar-refractivity contribution in [1.29, 1.82) is 0 Å². The number of fused-ring (bicyclic) bond motifs is 1. The Morgan fingerprint density at radius 2 is 2.04 bits per heavy atom. The largest absolute Gasteiger partial charge is 0.481 e. The van der Waals surface area contributed by atoms with Gasteiger partial charge in [0.2, 0.25) is 0 Å². The number of hydrogen-bond acceptors (Lipinski definition) is 4. The minimum atomic E-state index is -0.654. The van der Waals surface area contributed by atoms with E-state index in [1.807, 2.05) is 31.2 Å². The Labute approximate surface area is 146 Å². The molecular formula is C20H21NO4. The third-order valence-corrected chi connectivity index (χ3v) is 4.13. The van der Waals surface area contributed by atoms with Crippen LogP contribution in [0.25, 0.3) is 11.0 Å². The number of furan rings is 1. The van der Waals surface area contributed by atoms with Crippen LogP contribution in [0.4, 0.5) is 0 Å². The van der Waals surface area contributed by atoms with E-state index in [0.717, 1.165) is 27.9 Å². The van der Waals surface area contributed by atoms with Gasteiger partial charge in [-0.15, -0.1) is 0 Å². The van der Waals surface area contributed by atoms with E-state index in [1.165, 1.54) is 0 Å². The fraction of sp³-hybridized carbons (Fsp3) is 0.250. The van der Waals surface area contributed by atoms with Gasteiger partial charge in [0.05, 0.1) is 13.2 Å². The molecule has 5 heteroatoms. The number of ether oxygens (including phenoxy) is 1. The zero-order valence-corrected chi connectivity index (χ0v) is 14.3. The number of amides is 1. The van der Waals surface area contributed by atoms with Gasteiger partial charge in [0.1, 0.15) is 17.1 Å². The monoisotopic (exact) mass is 339 g/mol. The molecule has 0 spiro atoms. The molecule has 3 aromatic rings. The molecule has 1 atom stereocenters. The number of hydrogen-bond donors (Lipinski definition) is 2. The van der Waals surface area contributed by atoms with E-state index >= 15 is 0 Å². The lowest BCUT2D eigenvalue weighted by Gasteiger charge is -2.15. The molecule has 25 heavy (non-hydrogen) atoms. The van der Waals surface area contributed by atoms with Gasteiger partial charge in [-0.1, -0.05) is 30.3 Å². The summed E-state index contributed by atoms with van der Waals surface area (Å²) in [6.45, 7) is 3.91. The summed E-state index contributed by atoms with van der Waals surface area (Å²) in [6, 6.07) is 14.8. The molecular weight excluding hydrogens is 318 g/mol. The molecule has 0 bridgehead atoms. The summed E-state index contributed by atoms with van der Waals surface area (Å²) in [6.07, 6.45) is -0.654. The first-order valence-electron chi connectivity index (χ1n) is 8.19. The number of carbonyl (C=O) groups excluding carboxylic acids is 1. The number of nitrogens with one attached hydrogen (secondary N) is 1. The van der Waals surface area contributed by atoms with Crippen molar-refractivity contribution in [1.82, 2.24) is 5.32 Å². The van der Waals surface area contributed by atoms with Crippen molar-refractivity contribution >= 4 is 16.9 Å². The van der Waals surface area contributed by atoms with E-state index in [1.54, 1.807) is 31.2 Å². The van der Waals surface area contributed by atoms with Crippen molar-refractivity contribution in [2.75, 3.05) is 0 Å². The Morgan fingerprint density at radius 3 is 2.80 bits per heavy atom. The molecule has 1 heterocycles. The van der Waals surface area contributed by atoms with Gasteiger partial charge in [-0.05, 0) is 37.6 Å². The van der Waals surface area contributed by atoms with Crippen LogP contribution in [-0.2, 0) is 17.9 Å². The molecule has 0 aliphatic rings. The van der Waals surface area contributed by atoms with Crippen molar-refractivity contribution in [2.45, 2.75) is 33.1 Å². The normalized spacial score (nSPS) is 12.1. The van der Waals surface area contributed by atoms with Crippen molar-refractivity contribution in [3.05, 3.63) is 65.4 Å². The first-order valence-corrected chi connectivity index (χ1v) is 8.19. The van der Waals surface area contributed by atoms with E-state index in [9.17, 15) is 4.79 Å². The van der Waals surface area contributed by atoms with Crippen LogP contribution < -0.4 is 10.1 Å². The zero-order chi connectivity index (χ0) is 17.8. The highest BCUT2D eigenvalue weighted by Crippen LogP contribution is 2.24. The van der Waals surface area contributed by atoms with E-state index in [4.69, 9.17) is 14.3 Å². The molecule has 5 nitrogen and oxygen atoms in total. The first kappa shape index (κ1) is 17.0. The van der Waals surface area contributed by atoms with Crippen LogP contribution in [0, 0.1) is 6.92 Å². The predicted molar refractivity (Wildman–Crippen MR) is 95.3 cm³/mol. The molecule has 0 saturated carbocycles. The third kappa shape index (κ3) is 3.83. The Morgan fingerprint density at radius 1 is 1.24 bits per heavy atom. The van der Waals surface area contributed by atoms with Crippen LogP contribution in [-0.4, -0.2) is 17.1 Å². The number of aliphatic hydroxyl groups is 1. The van der Waals surface area contributed by atoms with Crippen molar-refractivity contribution in [3.8, 4) is 5.75 Å². The highest BCUT2D eigenvalue weighted by molar-refractivity contribution is 5.83. The molecule has 0 saturated heterocycles. The van der Waals surface area contributed by atoms with E-state index < -0.39 is 6.10 Å². The van der Waals surface area contributed by atoms with Gasteiger partial charge in [-0.3, -0.25) is 4.79 Å².